The van der Waals surface area contributed by atoms with Crippen molar-refractivity contribution in [3.05, 3.63) is 54.5 Å². The second kappa shape index (κ2) is 5.80. The van der Waals surface area contributed by atoms with E-state index in [2.05, 4.69) is 20.0 Å². The highest BCUT2D eigenvalue weighted by atomic mass is 19.3. The average Bonchev–Trinajstić information content (AvgIpc) is 2.93. The molecule has 0 spiro atoms. The van der Waals surface area contributed by atoms with Gasteiger partial charge < -0.3 is 15.0 Å². The second-order valence-electron chi connectivity index (χ2n) is 4.47. The van der Waals surface area contributed by atoms with Crippen molar-refractivity contribution < 1.29 is 18.3 Å². The summed E-state index contributed by atoms with van der Waals surface area (Å²) in [6.45, 7) is -2.92. The van der Waals surface area contributed by atoms with Crippen molar-refractivity contribution in [1.29, 1.82) is 0 Å². The monoisotopic (exact) mass is 303 g/mol. The molecule has 0 fully saturated rings. The summed E-state index contributed by atoms with van der Waals surface area (Å²) in [5, 5.41) is 3.10. The second-order valence-corrected chi connectivity index (χ2v) is 4.47. The Morgan fingerprint density at radius 2 is 2.00 bits per heavy atom. The molecule has 3 aromatic rings. The van der Waals surface area contributed by atoms with Gasteiger partial charge in [0, 0.05) is 29.0 Å². The lowest BCUT2D eigenvalue weighted by atomic mass is 10.2. The summed E-state index contributed by atoms with van der Waals surface area (Å²) in [7, 11) is 0. The number of alkyl halides is 2. The van der Waals surface area contributed by atoms with Gasteiger partial charge in [0.2, 0.25) is 0 Å². The van der Waals surface area contributed by atoms with Gasteiger partial charge in [0.15, 0.2) is 0 Å². The number of hydrogen-bond acceptors (Lipinski definition) is 3. The fourth-order valence-electron chi connectivity index (χ4n) is 2.08. The number of carbonyl (C=O) groups is 1. The number of rotatable bonds is 4. The van der Waals surface area contributed by atoms with Crippen LogP contribution in [0.5, 0.6) is 5.75 Å². The summed E-state index contributed by atoms with van der Waals surface area (Å²) >= 11 is 0. The maximum atomic E-state index is 12.4. The van der Waals surface area contributed by atoms with Gasteiger partial charge in [-0.25, -0.2) is 0 Å². The number of aromatic nitrogens is 2. The molecule has 0 saturated carbocycles. The molecule has 5 nitrogen and oxygen atoms in total. The van der Waals surface area contributed by atoms with Crippen LogP contribution in [0.1, 0.15) is 10.5 Å². The van der Waals surface area contributed by atoms with E-state index in [-0.39, 0.29) is 17.4 Å². The molecule has 2 heterocycles. The molecular formula is C15H11F2N3O2. The van der Waals surface area contributed by atoms with Crippen LogP contribution in [0.15, 0.2) is 48.8 Å². The Kier molecular flexibility index (Phi) is 3.69. The van der Waals surface area contributed by atoms with Gasteiger partial charge in [-0.15, -0.1) is 0 Å². The molecule has 7 heteroatoms. The molecule has 0 atom stereocenters. The number of anilines is 1. The first-order valence-electron chi connectivity index (χ1n) is 6.41. The van der Waals surface area contributed by atoms with E-state index < -0.39 is 6.61 Å². The summed E-state index contributed by atoms with van der Waals surface area (Å²) < 4.78 is 29.2. The Morgan fingerprint density at radius 1 is 1.23 bits per heavy atom. The molecule has 0 unspecified atom stereocenters. The van der Waals surface area contributed by atoms with Crippen molar-refractivity contribution in [1.82, 2.24) is 9.97 Å². The van der Waals surface area contributed by atoms with E-state index in [0.29, 0.717) is 16.6 Å². The number of halogens is 2. The fourth-order valence-corrected chi connectivity index (χ4v) is 2.08. The van der Waals surface area contributed by atoms with Gasteiger partial charge >= 0.3 is 6.61 Å². The van der Waals surface area contributed by atoms with E-state index in [9.17, 15) is 13.6 Å². The van der Waals surface area contributed by atoms with Crippen LogP contribution in [-0.4, -0.2) is 22.5 Å². The summed E-state index contributed by atoms with van der Waals surface area (Å²) in [6.07, 6.45) is 3.10. The van der Waals surface area contributed by atoms with Crippen LogP contribution in [0, 0.1) is 0 Å². The Balaban J connectivity index is 1.90. The van der Waals surface area contributed by atoms with Crippen LogP contribution >= 0.6 is 0 Å². The molecule has 1 aromatic carbocycles. The minimum Gasteiger partial charge on any atom is -0.434 e. The van der Waals surface area contributed by atoms with E-state index in [4.69, 9.17) is 0 Å². The number of fused-ring (bicyclic) bond motifs is 1. The number of nitrogens with one attached hydrogen (secondary N) is 2. The zero-order valence-electron chi connectivity index (χ0n) is 11.2. The zero-order chi connectivity index (χ0) is 15.5. The van der Waals surface area contributed by atoms with Crippen molar-refractivity contribution in [3.63, 3.8) is 0 Å². The predicted octanol–water partition coefficient (Wildman–Crippen LogP) is 3.42. The molecule has 1 amide bonds. The molecule has 0 saturated heterocycles. The largest absolute Gasteiger partial charge is 0.434 e. The quantitative estimate of drug-likeness (QED) is 0.776. The highest BCUT2D eigenvalue weighted by Gasteiger charge is 2.14. The average molecular weight is 303 g/mol. The van der Waals surface area contributed by atoms with E-state index in [1.54, 1.807) is 36.7 Å². The number of H-pyrrole nitrogens is 1. The van der Waals surface area contributed by atoms with Gasteiger partial charge in [0.05, 0.1) is 0 Å². The van der Waals surface area contributed by atoms with Gasteiger partial charge in [-0.1, -0.05) is 6.07 Å². The normalized spacial score (nSPS) is 10.9. The smallest absolute Gasteiger partial charge is 0.387 e. The van der Waals surface area contributed by atoms with Crippen LogP contribution < -0.4 is 10.1 Å². The van der Waals surface area contributed by atoms with E-state index in [0.717, 1.165) is 0 Å². The van der Waals surface area contributed by atoms with Crippen LogP contribution in [0.3, 0.4) is 0 Å². The summed E-state index contributed by atoms with van der Waals surface area (Å²) in [5.74, 6) is -0.364. The number of pyridine rings is 1. The van der Waals surface area contributed by atoms with Crippen LogP contribution in [0.2, 0.25) is 0 Å². The zero-order valence-corrected chi connectivity index (χ0v) is 11.2. The van der Waals surface area contributed by atoms with Crippen molar-refractivity contribution in [2.24, 2.45) is 0 Å². The van der Waals surface area contributed by atoms with Gasteiger partial charge in [0.1, 0.15) is 11.4 Å². The van der Waals surface area contributed by atoms with E-state index in [1.165, 1.54) is 12.1 Å². The molecule has 0 aliphatic rings. The van der Waals surface area contributed by atoms with Gasteiger partial charge in [-0.05, 0) is 30.3 Å². The molecule has 2 N–H and O–H groups in total. The third-order valence-corrected chi connectivity index (χ3v) is 3.02. The minimum absolute atomic E-state index is 0.0201. The molecule has 22 heavy (non-hydrogen) atoms. The standard InChI is InChI=1S/C15H11F2N3O2/c16-15(17)22-13-3-1-2-11-10(13)8-12(20-11)14(21)19-9-4-6-18-7-5-9/h1-8,15,20H,(H,18,19,21). The summed E-state index contributed by atoms with van der Waals surface area (Å²) in [6, 6.07) is 9.44. The molecule has 112 valence electrons. The maximum Gasteiger partial charge on any atom is 0.387 e. The number of nitrogens with zero attached hydrogens (tertiary/aromatic N) is 1. The topological polar surface area (TPSA) is 67.0 Å². The van der Waals surface area contributed by atoms with Crippen LogP contribution in [0.25, 0.3) is 10.9 Å². The number of aromatic amines is 1. The third-order valence-electron chi connectivity index (χ3n) is 3.02. The molecular weight excluding hydrogens is 292 g/mol. The minimum atomic E-state index is -2.92. The molecule has 0 radical (unpaired) electrons. The lowest BCUT2D eigenvalue weighted by Crippen LogP contribution is -2.12. The molecule has 2 aromatic heterocycles. The van der Waals surface area contributed by atoms with Crippen molar-refractivity contribution in [3.8, 4) is 5.75 Å². The number of ether oxygens (including phenoxy) is 1. The third kappa shape index (κ3) is 2.88. The highest BCUT2D eigenvalue weighted by Crippen LogP contribution is 2.27. The Morgan fingerprint density at radius 3 is 2.73 bits per heavy atom. The van der Waals surface area contributed by atoms with Crippen molar-refractivity contribution in [2.75, 3.05) is 5.32 Å². The van der Waals surface area contributed by atoms with Gasteiger partial charge in [-0.3, -0.25) is 9.78 Å². The SMILES string of the molecule is O=C(Nc1ccncc1)c1cc2c(OC(F)F)cccc2[nH]1. The number of carbonyl (C=O) groups excluding carboxylic acids is 1. The maximum absolute atomic E-state index is 12.4. The molecule has 0 bridgehead atoms. The van der Waals surface area contributed by atoms with E-state index >= 15 is 0 Å². The first kappa shape index (κ1) is 14.0. The summed E-state index contributed by atoms with van der Waals surface area (Å²) in [5.41, 5.74) is 1.37. The lowest BCUT2D eigenvalue weighted by molar-refractivity contribution is -0.0487. The summed E-state index contributed by atoms with van der Waals surface area (Å²) in [4.78, 5) is 18.9. The fraction of sp³-hybridized carbons (Fsp3) is 0.0667. The highest BCUT2D eigenvalue weighted by molar-refractivity contribution is 6.06. The van der Waals surface area contributed by atoms with Crippen LogP contribution in [0.4, 0.5) is 14.5 Å². The molecule has 3 rings (SSSR count). The first-order chi connectivity index (χ1) is 10.6. The van der Waals surface area contributed by atoms with Gasteiger partial charge in [0.25, 0.3) is 5.91 Å². The Hall–Kier alpha value is -2.96. The van der Waals surface area contributed by atoms with Crippen molar-refractivity contribution >= 4 is 22.5 Å². The lowest BCUT2D eigenvalue weighted by Gasteiger charge is -2.04. The number of hydrogen-bond donors (Lipinski definition) is 2. The number of benzene rings is 1. The Bertz CT molecular complexity index is 803. The van der Waals surface area contributed by atoms with E-state index in [1.807, 2.05) is 0 Å². The van der Waals surface area contributed by atoms with Crippen molar-refractivity contribution in [2.45, 2.75) is 6.61 Å². The molecule has 0 aliphatic carbocycles. The van der Waals surface area contributed by atoms with Gasteiger partial charge in [-0.2, -0.15) is 8.78 Å². The number of amides is 1. The predicted molar refractivity (Wildman–Crippen MR) is 77.1 cm³/mol. The molecule has 0 aliphatic heterocycles. The first-order valence-corrected chi connectivity index (χ1v) is 6.41. The van der Waals surface area contributed by atoms with Crippen LogP contribution in [-0.2, 0) is 0 Å². The Labute approximate surface area is 123 Å².